The highest BCUT2D eigenvalue weighted by molar-refractivity contribution is 8.00. The van der Waals surface area contributed by atoms with Gasteiger partial charge in [0, 0.05) is 18.2 Å². The van der Waals surface area contributed by atoms with Crippen LogP contribution in [0.1, 0.15) is 90.5 Å². The zero-order chi connectivity index (χ0) is 39.4. The summed E-state index contributed by atoms with van der Waals surface area (Å²) in [7, 11) is -3.89. The van der Waals surface area contributed by atoms with E-state index in [0.717, 1.165) is 42.4 Å². The highest BCUT2D eigenvalue weighted by atomic mass is 32.2. The number of nitrogens with zero attached hydrogens (tertiary/aromatic N) is 1. The van der Waals surface area contributed by atoms with Gasteiger partial charge in [0.15, 0.2) is 0 Å². The molecule has 4 aliphatic rings. The number of carbonyl (C=O) groups is 4. The summed E-state index contributed by atoms with van der Waals surface area (Å²) in [5.41, 5.74) is 0.732. The van der Waals surface area contributed by atoms with Crippen LogP contribution in [0.2, 0.25) is 0 Å². The molecule has 55 heavy (non-hydrogen) atoms. The monoisotopic (exact) mass is 790 g/mol. The molecule has 0 spiro atoms. The van der Waals surface area contributed by atoms with Gasteiger partial charge in [-0.25, -0.2) is 13.2 Å². The normalized spacial score (nSPS) is 28.2. The van der Waals surface area contributed by atoms with Gasteiger partial charge >= 0.3 is 6.09 Å². The van der Waals surface area contributed by atoms with E-state index in [2.05, 4.69) is 58.4 Å². The number of rotatable bonds is 9. The van der Waals surface area contributed by atoms with Crippen molar-refractivity contribution >= 4 is 45.6 Å². The third-order valence-corrected chi connectivity index (χ3v) is 14.2. The number of allylic oxidation sites excluding steroid dienone is 1. The van der Waals surface area contributed by atoms with Crippen LogP contribution < -0.4 is 15.4 Å². The lowest BCUT2D eigenvalue weighted by Gasteiger charge is -2.31. The first-order valence-corrected chi connectivity index (χ1v) is 22.0. The van der Waals surface area contributed by atoms with Gasteiger partial charge in [-0.1, -0.05) is 92.1 Å². The van der Waals surface area contributed by atoms with E-state index in [1.807, 2.05) is 30.3 Å². The Kier molecular flexibility index (Phi) is 12.2. The first-order valence-electron chi connectivity index (χ1n) is 19.4. The standard InChI is InChI=1S/C42H54N4O7S2/c1-5-31-26-42(31,38(49)45-55(51,52)33-23-24-33)44-36(47)35-27-41(32-21-19-30(20-22-32)29-16-12-11-13-17-29)28-46(35)37(48)34(43-39(50)53-40(2,3)4)18-14-9-7-6-8-10-15-25-54-41/h5,10-13,15-17,19-22,31,33-35H,1,6-9,14,18,23-28H2,2-4H3,(H,43,50)(H,44,47)(H,45,49)/b15-10-/t31-,34+,35+,41+,42-/m1/s1. The van der Waals surface area contributed by atoms with Crippen molar-refractivity contribution < 1.29 is 32.3 Å². The number of carbonyl (C=O) groups excluding carboxylic acids is 4. The molecule has 0 unspecified atom stereocenters. The Labute approximate surface area is 329 Å². The van der Waals surface area contributed by atoms with Gasteiger partial charge < -0.3 is 20.3 Å². The molecule has 296 valence electrons. The smallest absolute Gasteiger partial charge is 0.408 e. The third-order valence-electron chi connectivity index (χ3n) is 10.9. The summed E-state index contributed by atoms with van der Waals surface area (Å²) in [4.78, 5) is 57.9. The van der Waals surface area contributed by atoms with Crippen molar-refractivity contribution in [3.8, 4) is 11.1 Å². The van der Waals surface area contributed by atoms with Crippen molar-refractivity contribution in [1.82, 2.24) is 20.3 Å². The minimum Gasteiger partial charge on any atom is -0.444 e. The van der Waals surface area contributed by atoms with Crippen LogP contribution in [0.3, 0.4) is 0 Å². The van der Waals surface area contributed by atoms with E-state index in [-0.39, 0.29) is 19.4 Å². The van der Waals surface area contributed by atoms with Crippen molar-refractivity contribution in [2.75, 3.05) is 12.3 Å². The molecule has 1 saturated heterocycles. The number of alkyl carbamates (subject to hydrolysis) is 1. The van der Waals surface area contributed by atoms with Crippen molar-refractivity contribution in [1.29, 1.82) is 0 Å². The van der Waals surface area contributed by atoms with Crippen molar-refractivity contribution in [3.05, 3.63) is 85.0 Å². The Balaban J connectivity index is 1.37. The number of fused-ring (bicyclic) bond motifs is 2. The number of nitrogens with one attached hydrogen (secondary N) is 3. The highest BCUT2D eigenvalue weighted by Gasteiger charge is 2.62. The molecule has 0 radical (unpaired) electrons. The Morgan fingerprint density at radius 1 is 0.927 bits per heavy atom. The lowest BCUT2D eigenvalue weighted by Crippen LogP contribution is -2.58. The number of amides is 4. The summed E-state index contributed by atoms with van der Waals surface area (Å²) in [6.45, 7) is 9.27. The van der Waals surface area contributed by atoms with Crippen LogP contribution in [-0.4, -0.2) is 77.9 Å². The van der Waals surface area contributed by atoms with Crippen molar-refractivity contribution in [2.24, 2.45) is 5.92 Å². The zero-order valence-corrected chi connectivity index (χ0v) is 33.7. The Morgan fingerprint density at radius 2 is 1.62 bits per heavy atom. The van der Waals surface area contributed by atoms with Gasteiger partial charge in [0.2, 0.25) is 21.8 Å². The van der Waals surface area contributed by atoms with Crippen molar-refractivity contribution in [2.45, 2.75) is 118 Å². The predicted molar refractivity (Wildman–Crippen MR) is 215 cm³/mol. The average Bonchev–Trinajstić information content (AvgIpc) is 4.08. The van der Waals surface area contributed by atoms with Gasteiger partial charge in [0.1, 0.15) is 23.2 Å². The summed E-state index contributed by atoms with van der Waals surface area (Å²) < 4.78 is 32.7. The topological polar surface area (TPSA) is 151 Å². The van der Waals surface area contributed by atoms with Gasteiger partial charge in [-0.2, -0.15) is 0 Å². The second-order valence-corrected chi connectivity index (χ2v) is 19.6. The van der Waals surface area contributed by atoms with Gasteiger partial charge in [-0.05, 0) is 82.4 Å². The second-order valence-electron chi connectivity index (χ2n) is 16.3. The van der Waals surface area contributed by atoms with Crippen LogP contribution in [0, 0.1) is 5.92 Å². The molecule has 2 aromatic carbocycles. The van der Waals surface area contributed by atoms with E-state index in [4.69, 9.17) is 4.74 Å². The van der Waals surface area contributed by atoms with Gasteiger partial charge in [0.05, 0.1) is 10.00 Å². The van der Waals surface area contributed by atoms with E-state index >= 15 is 0 Å². The zero-order valence-electron chi connectivity index (χ0n) is 32.1. The largest absolute Gasteiger partial charge is 0.444 e. The maximum Gasteiger partial charge on any atom is 0.408 e. The fourth-order valence-corrected chi connectivity index (χ4v) is 10.3. The van der Waals surface area contributed by atoms with Crippen LogP contribution in [-0.2, 0) is 33.9 Å². The van der Waals surface area contributed by atoms with Crippen LogP contribution in [0.25, 0.3) is 11.1 Å². The number of hydrogen-bond acceptors (Lipinski definition) is 8. The summed E-state index contributed by atoms with van der Waals surface area (Å²) in [5, 5.41) is 5.13. The van der Waals surface area contributed by atoms with Crippen LogP contribution in [0.5, 0.6) is 0 Å². The molecule has 2 bridgehead atoms. The molecule has 4 amide bonds. The minimum absolute atomic E-state index is 0.166. The summed E-state index contributed by atoms with van der Waals surface area (Å²) in [6.07, 6.45) is 11.4. The molecule has 2 saturated carbocycles. The highest BCUT2D eigenvalue weighted by Crippen LogP contribution is 2.50. The predicted octanol–water partition coefficient (Wildman–Crippen LogP) is 6.36. The van der Waals surface area contributed by atoms with Crippen LogP contribution >= 0.6 is 11.8 Å². The molecular weight excluding hydrogens is 737 g/mol. The number of thioether (sulfide) groups is 1. The second kappa shape index (κ2) is 16.6. The van der Waals surface area contributed by atoms with Gasteiger partial charge in [-0.15, -0.1) is 18.3 Å². The maximum atomic E-state index is 14.9. The molecule has 3 fully saturated rings. The van der Waals surface area contributed by atoms with Gasteiger partial charge in [0.25, 0.3) is 5.91 Å². The number of sulfonamides is 1. The molecule has 3 N–H and O–H groups in total. The molecule has 11 nitrogen and oxygen atoms in total. The molecule has 2 aliphatic carbocycles. The lowest BCUT2D eigenvalue weighted by molar-refractivity contribution is -0.141. The number of ether oxygens (including phenoxy) is 1. The fourth-order valence-electron chi connectivity index (χ4n) is 7.62. The van der Waals surface area contributed by atoms with E-state index in [9.17, 15) is 27.6 Å². The molecule has 5 atom stereocenters. The molecule has 0 aromatic heterocycles. The molecule has 2 heterocycles. The fraction of sp³-hybridized carbons (Fsp3) is 0.524. The summed E-state index contributed by atoms with van der Waals surface area (Å²) in [5.74, 6) is -1.62. The molecule has 13 heteroatoms. The lowest BCUT2D eigenvalue weighted by atomic mass is 9.93. The van der Waals surface area contributed by atoms with E-state index < -0.39 is 73.0 Å². The Morgan fingerprint density at radius 3 is 2.27 bits per heavy atom. The van der Waals surface area contributed by atoms with E-state index in [0.29, 0.717) is 31.4 Å². The maximum absolute atomic E-state index is 14.9. The number of benzene rings is 2. The van der Waals surface area contributed by atoms with Crippen molar-refractivity contribution in [3.63, 3.8) is 0 Å². The Hall–Kier alpha value is -4.10. The van der Waals surface area contributed by atoms with E-state index in [1.54, 1.807) is 43.5 Å². The minimum atomic E-state index is -3.89. The quantitative estimate of drug-likeness (QED) is 0.249. The number of hydrogen-bond donors (Lipinski definition) is 3. The van der Waals surface area contributed by atoms with Crippen LogP contribution in [0.4, 0.5) is 4.79 Å². The summed E-state index contributed by atoms with van der Waals surface area (Å²) >= 11 is 1.66. The van der Waals surface area contributed by atoms with Gasteiger partial charge in [-0.3, -0.25) is 19.1 Å². The molecular formula is C42H54N4O7S2. The molecule has 2 aliphatic heterocycles. The molecule has 2 aromatic rings. The third kappa shape index (κ3) is 9.65. The summed E-state index contributed by atoms with van der Waals surface area (Å²) in [6, 6.07) is 16.2. The SMILES string of the molecule is C=C[C@@H]1C[C@]1(NC(=O)[C@@H]1C[C@@]2(c3ccc(-c4ccccc4)cc3)CN1C(=O)[C@@H](NC(=O)OC(C)(C)C)CCCCCC/C=C\CS2)C(=O)NS(=O)(=O)C1CC1. The first-order chi connectivity index (χ1) is 26.2. The average molecular weight is 791 g/mol. The van der Waals surface area contributed by atoms with Crippen LogP contribution in [0.15, 0.2) is 79.4 Å². The Bertz CT molecular complexity index is 1890. The molecule has 6 rings (SSSR count). The first kappa shape index (κ1) is 40.6. The van der Waals surface area contributed by atoms with E-state index in [1.165, 1.54) is 0 Å².